The molecule has 0 aromatic rings. The van der Waals surface area contributed by atoms with Crippen molar-refractivity contribution in [3.63, 3.8) is 0 Å². The Bertz CT molecular complexity index is 134. The zero-order valence-corrected chi connectivity index (χ0v) is 12.3. The lowest BCUT2D eigenvalue weighted by Gasteiger charge is -2.09. The molecule has 3 heteroatoms. The Hall–Kier alpha value is 0.390. The van der Waals surface area contributed by atoms with Gasteiger partial charge in [-0.25, -0.2) is 0 Å². The van der Waals surface area contributed by atoms with Gasteiger partial charge in [-0.2, -0.15) is 0 Å². The van der Waals surface area contributed by atoms with Gasteiger partial charge in [0, 0.05) is 0 Å². The molecular weight excluding hydrogens is 289 g/mol. The summed E-state index contributed by atoms with van der Waals surface area (Å²) in [6.07, 6.45) is 2.32. The number of nitrogens with zero attached hydrogens (tertiary/aromatic N) is 1. The highest BCUT2D eigenvalue weighted by Crippen LogP contribution is 2.10. The monoisotopic (exact) mass is 313 g/mol. The maximum atomic E-state index is 5.43. The molecule has 0 saturated carbocycles. The molecule has 0 bridgehead atoms. The molecular formula is C11H24INO. The van der Waals surface area contributed by atoms with Gasteiger partial charge in [0.25, 0.3) is 0 Å². The molecule has 14 heavy (non-hydrogen) atoms. The molecule has 1 unspecified atom stereocenters. The molecule has 0 N–H and O–H groups in total. The van der Waals surface area contributed by atoms with Gasteiger partial charge >= 0.3 is 0 Å². The van der Waals surface area contributed by atoms with E-state index in [1.807, 2.05) is 33.0 Å². The Morgan fingerprint density at radius 3 is 2.14 bits per heavy atom. The van der Waals surface area contributed by atoms with Crippen LogP contribution in [-0.2, 0) is 4.74 Å². The highest BCUT2D eigenvalue weighted by atomic mass is 127. The van der Waals surface area contributed by atoms with Crippen molar-refractivity contribution < 1.29 is 4.74 Å². The molecule has 0 rings (SSSR count). The molecule has 0 aliphatic carbocycles. The predicted octanol–water partition coefficient (Wildman–Crippen LogP) is 3.32. The van der Waals surface area contributed by atoms with E-state index in [2.05, 4.69) is 36.1 Å². The zero-order chi connectivity index (χ0) is 11.6. The smallest absolute Gasteiger partial charge is 0.109 e. The van der Waals surface area contributed by atoms with Crippen molar-refractivity contribution in [2.45, 2.75) is 30.8 Å². The Balaban J connectivity index is 0. The van der Waals surface area contributed by atoms with Crippen molar-refractivity contribution in [1.82, 2.24) is 4.90 Å². The summed E-state index contributed by atoms with van der Waals surface area (Å²) in [5.41, 5.74) is 1.10. The fraction of sp³-hybridized carbons (Fsp3) is 0.818. The fourth-order valence-electron chi connectivity index (χ4n) is 0.543. The van der Waals surface area contributed by atoms with Gasteiger partial charge < -0.3 is 9.64 Å². The minimum Gasteiger partial charge on any atom is -0.364 e. The molecule has 0 aromatic heterocycles. The minimum absolute atomic E-state index is 0.360. The van der Waals surface area contributed by atoms with Gasteiger partial charge in [-0.05, 0) is 34.5 Å². The third-order valence-electron chi connectivity index (χ3n) is 1.03. The van der Waals surface area contributed by atoms with Gasteiger partial charge in [-0.3, -0.25) is 0 Å². The van der Waals surface area contributed by atoms with Gasteiger partial charge in [0.05, 0.1) is 6.61 Å². The third-order valence-corrected chi connectivity index (χ3v) is 2.01. The minimum atomic E-state index is 0.360. The molecule has 0 radical (unpaired) electrons. The van der Waals surface area contributed by atoms with Gasteiger partial charge in [-0.15, -0.1) is 0 Å². The standard InChI is InChI=1S/C8H15IO.C3H9N/c1-4-5-8(9)10-6-7(2)3;1-4(2)3/h8H,2,4-6H2,1,3H3;1-3H3. The zero-order valence-electron chi connectivity index (χ0n) is 10.1. The summed E-state index contributed by atoms with van der Waals surface area (Å²) in [4.78, 5) is 2.00. The predicted molar refractivity (Wildman–Crippen MR) is 73.1 cm³/mol. The Morgan fingerprint density at radius 1 is 1.43 bits per heavy atom. The van der Waals surface area contributed by atoms with Crippen LogP contribution in [0.2, 0.25) is 0 Å². The van der Waals surface area contributed by atoms with Crippen LogP contribution in [0, 0.1) is 0 Å². The van der Waals surface area contributed by atoms with Crippen LogP contribution in [0.5, 0.6) is 0 Å². The topological polar surface area (TPSA) is 12.5 Å². The molecule has 0 amide bonds. The molecule has 0 aliphatic heterocycles. The van der Waals surface area contributed by atoms with Crippen molar-refractivity contribution >= 4 is 22.6 Å². The Labute approximate surface area is 103 Å². The number of halogens is 1. The number of hydrogen-bond acceptors (Lipinski definition) is 2. The second kappa shape index (κ2) is 11.5. The number of rotatable bonds is 5. The van der Waals surface area contributed by atoms with Gasteiger partial charge in [-0.1, -0.05) is 48.1 Å². The van der Waals surface area contributed by atoms with Crippen molar-refractivity contribution in [1.29, 1.82) is 0 Å². The van der Waals surface area contributed by atoms with Crippen LogP contribution in [0.15, 0.2) is 12.2 Å². The molecule has 86 valence electrons. The first-order valence-electron chi connectivity index (χ1n) is 4.91. The normalized spacial score (nSPS) is 11.9. The summed E-state index contributed by atoms with van der Waals surface area (Å²) in [6.45, 7) is 8.60. The molecule has 0 heterocycles. The van der Waals surface area contributed by atoms with E-state index in [0.29, 0.717) is 10.7 Å². The molecule has 0 saturated heterocycles. The number of ether oxygens (including phenoxy) is 1. The Kier molecular flexibility index (Phi) is 13.8. The lowest BCUT2D eigenvalue weighted by atomic mass is 10.3. The number of alkyl halides is 1. The largest absolute Gasteiger partial charge is 0.364 e. The van der Waals surface area contributed by atoms with Gasteiger partial charge in [0.1, 0.15) is 4.11 Å². The van der Waals surface area contributed by atoms with E-state index in [9.17, 15) is 0 Å². The molecule has 2 nitrogen and oxygen atoms in total. The van der Waals surface area contributed by atoms with Crippen molar-refractivity contribution in [2.24, 2.45) is 0 Å². The molecule has 0 aromatic carbocycles. The van der Waals surface area contributed by atoms with Crippen LogP contribution in [0.3, 0.4) is 0 Å². The first-order chi connectivity index (χ1) is 6.40. The first-order valence-corrected chi connectivity index (χ1v) is 6.15. The average Bonchev–Trinajstić information content (AvgIpc) is 2.00. The third kappa shape index (κ3) is 22.8. The molecule has 1 atom stereocenters. The van der Waals surface area contributed by atoms with E-state index in [1.54, 1.807) is 0 Å². The summed E-state index contributed by atoms with van der Waals surface area (Å²) in [5, 5.41) is 0. The summed E-state index contributed by atoms with van der Waals surface area (Å²) >= 11 is 2.31. The quantitative estimate of drug-likeness (QED) is 0.439. The highest BCUT2D eigenvalue weighted by Gasteiger charge is 2.00. The maximum Gasteiger partial charge on any atom is 0.109 e. The SMILES string of the molecule is C=C(C)COC(I)CCC.CN(C)C. The Morgan fingerprint density at radius 2 is 1.86 bits per heavy atom. The molecule has 0 fully saturated rings. The van der Waals surface area contributed by atoms with Crippen LogP contribution in [0.25, 0.3) is 0 Å². The van der Waals surface area contributed by atoms with E-state index in [1.165, 1.54) is 6.42 Å². The van der Waals surface area contributed by atoms with E-state index >= 15 is 0 Å². The van der Waals surface area contributed by atoms with Gasteiger partial charge in [0.2, 0.25) is 0 Å². The fourth-order valence-corrected chi connectivity index (χ4v) is 1.35. The van der Waals surface area contributed by atoms with Crippen molar-refractivity contribution in [2.75, 3.05) is 27.7 Å². The molecule has 0 spiro atoms. The van der Waals surface area contributed by atoms with Crippen LogP contribution in [0.4, 0.5) is 0 Å². The number of hydrogen-bond donors (Lipinski definition) is 0. The van der Waals surface area contributed by atoms with Crippen LogP contribution < -0.4 is 0 Å². The average molecular weight is 313 g/mol. The first kappa shape index (κ1) is 16.8. The van der Waals surface area contributed by atoms with Crippen molar-refractivity contribution in [3.05, 3.63) is 12.2 Å². The van der Waals surface area contributed by atoms with E-state index < -0.39 is 0 Å². The van der Waals surface area contributed by atoms with Crippen LogP contribution >= 0.6 is 22.6 Å². The maximum absolute atomic E-state index is 5.43. The summed E-state index contributed by atoms with van der Waals surface area (Å²) in [7, 11) is 6.00. The van der Waals surface area contributed by atoms with Gasteiger partial charge in [0.15, 0.2) is 0 Å². The molecule has 0 aliphatic rings. The van der Waals surface area contributed by atoms with Crippen molar-refractivity contribution in [3.8, 4) is 0 Å². The van der Waals surface area contributed by atoms with Crippen LogP contribution in [-0.4, -0.2) is 36.8 Å². The lowest BCUT2D eigenvalue weighted by Crippen LogP contribution is -2.05. The van der Waals surface area contributed by atoms with E-state index in [-0.39, 0.29) is 0 Å². The van der Waals surface area contributed by atoms with E-state index in [4.69, 9.17) is 4.74 Å². The van der Waals surface area contributed by atoms with E-state index in [0.717, 1.165) is 12.0 Å². The second-order valence-corrected chi connectivity index (χ2v) is 5.20. The highest BCUT2D eigenvalue weighted by molar-refractivity contribution is 14.1. The summed E-state index contributed by atoms with van der Waals surface area (Å²) in [6, 6.07) is 0. The lowest BCUT2D eigenvalue weighted by molar-refractivity contribution is 0.138. The summed E-state index contributed by atoms with van der Waals surface area (Å²) in [5.74, 6) is 0. The van der Waals surface area contributed by atoms with Crippen LogP contribution in [0.1, 0.15) is 26.7 Å². The second-order valence-electron chi connectivity index (χ2n) is 3.81. The summed E-state index contributed by atoms with van der Waals surface area (Å²) < 4.78 is 5.79.